The lowest BCUT2D eigenvalue weighted by atomic mass is 9.88. The van der Waals surface area contributed by atoms with Gasteiger partial charge in [0.25, 0.3) is 0 Å². The number of hydrogen-bond acceptors (Lipinski definition) is 3. The van der Waals surface area contributed by atoms with E-state index in [4.69, 9.17) is 4.74 Å². The first-order valence-electron chi connectivity index (χ1n) is 7.12. The third-order valence-electron chi connectivity index (χ3n) is 3.25. The monoisotopic (exact) mass is 256 g/mol. The fourth-order valence-electron chi connectivity index (χ4n) is 2.44. The zero-order valence-electron chi connectivity index (χ0n) is 12.2. The summed E-state index contributed by atoms with van der Waals surface area (Å²) in [7, 11) is 0. The van der Waals surface area contributed by atoms with Crippen LogP contribution in [0.2, 0.25) is 0 Å². The molecule has 0 aliphatic carbocycles. The molecule has 4 nitrogen and oxygen atoms in total. The number of hydrogen-bond donors (Lipinski definition) is 2. The van der Waals surface area contributed by atoms with Crippen LogP contribution < -0.4 is 10.6 Å². The van der Waals surface area contributed by atoms with Crippen molar-refractivity contribution in [3.05, 3.63) is 0 Å². The molecule has 18 heavy (non-hydrogen) atoms. The van der Waals surface area contributed by atoms with Gasteiger partial charge in [-0.25, -0.2) is 4.79 Å². The zero-order chi connectivity index (χ0) is 13.6. The molecule has 0 saturated carbocycles. The molecule has 1 fully saturated rings. The highest BCUT2D eigenvalue weighted by Gasteiger charge is 2.26. The maximum Gasteiger partial charge on any atom is 0.407 e. The highest BCUT2D eigenvalue weighted by Crippen LogP contribution is 2.20. The topological polar surface area (TPSA) is 50.4 Å². The second-order valence-corrected chi connectivity index (χ2v) is 6.13. The Labute approximate surface area is 111 Å². The van der Waals surface area contributed by atoms with Crippen molar-refractivity contribution < 1.29 is 9.53 Å². The van der Waals surface area contributed by atoms with Crippen molar-refractivity contribution in [3.8, 4) is 0 Å². The highest BCUT2D eigenvalue weighted by molar-refractivity contribution is 5.68. The molecule has 1 saturated heterocycles. The predicted molar refractivity (Wildman–Crippen MR) is 73.7 cm³/mol. The summed E-state index contributed by atoms with van der Waals surface area (Å²) in [5, 5.41) is 6.41. The van der Waals surface area contributed by atoms with E-state index in [0.717, 1.165) is 38.8 Å². The van der Waals surface area contributed by atoms with E-state index in [1.54, 1.807) is 0 Å². The summed E-state index contributed by atoms with van der Waals surface area (Å²) in [6.07, 6.45) is 4.12. The van der Waals surface area contributed by atoms with Crippen molar-refractivity contribution in [2.24, 2.45) is 5.92 Å². The van der Waals surface area contributed by atoms with Crippen molar-refractivity contribution in [3.63, 3.8) is 0 Å². The number of amides is 1. The lowest BCUT2D eigenvalue weighted by molar-refractivity contribution is 0.0474. The van der Waals surface area contributed by atoms with Gasteiger partial charge >= 0.3 is 6.09 Å². The third kappa shape index (κ3) is 5.71. The molecule has 0 radical (unpaired) electrons. The normalized spacial score (nSPS) is 19.3. The van der Waals surface area contributed by atoms with Crippen LogP contribution in [-0.4, -0.2) is 30.8 Å². The Morgan fingerprint density at radius 2 is 2.00 bits per heavy atom. The van der Waals surface area contributed by atoms with Crippen molar-refractivity contribution in [1.29, 1.82) is 0 Å². The predicted octanol–water partition coefficient (Wildman–Crippen LogP) is 2.68. The quantitative estimate of drug-likeness (QED) is 0.813. The van der Waals surface area contributed by atoms with Crippen LogP contribution in [0.15, 0.2) is 0 Å². The first kappa shape index (κ1) is 15.3. The Morgan fingerprint density at radius 1 is 1.39 bits per heavy atom. The maximum atomic E-state index is 11.8. The molecule has 0 aromatic heterocycles. The number of nitrogens with one attached hydrogen (secondary N) is 2. The van der Waals surface area contributed by atoms with Gasteiger partial charge < -0.3 is 15.4 Å². The van der Waals surface area contributed by atoms with Crippen LogP contribution in [0.3, 0.4) is 0 Å². The Bertz CT molecular complexity index is 255. The molecule has 0 spiro atoms. The Kier molecular flexibility index (Phi) is 5.93. The Morgan fingerprint density at radius 3 is 2.50 bits per heavy atom. The summed E-state index contributed by atoms with van der Waals surface area (Å²) in [5.41, 5.74) is -0.422. The average Bonchev–Trinajstić information content (AvgIpc) is 2.27. The van der Waals surface area contributed by atoms with Crippen LogP contribution >= 0.6 is 0 Å². The summed E-state index contributed by atoms with van der Waals surface area (Å²) < 4.78 is 5.34. The van der Waals surface area contributed by atoms with Crippen LogP contribution in [0.1, 0.15) is 53.4 Å². The Balaban J connectivity index is 2.48. The number of rotatable bonds is 4. The molecule has 4 heteroatoms. The van der Waals surface area contributed by atoms with E-state index < -0.39 is 5.60 Å². The number of alkyl carbamates (subject to hydrolysis) is 1. The second-order valence-electron chi connectivity index (χ2n) is 6.13. The minimum atomic E-state index is -0.422. The summed E-state index contributed by atoms with van der Waals surface area (Å²) in [4.78, 5) is 11.8. The minimum Gasteiger partial charge on any atom is -0.444 e. The van der Waals surface area contributed by atoms with Gasteiger partial charge in [-0.15, -0.1) is 0 Å². The minimum absolute atomic E-state index is 0.256. The zero-order valence-corrected chi connectivity index (χ0v) is 12.2. The molecule has 1 unspecified atom stereocenters. The molecule has 1 heterocycles. The van der Waals surface area contributed by atoms with Crippen LogP contribution in [0.25, 0.3) is 0 Å². The SMILES string of the molecule is CCCC(NC(=O)OC(C)(C)C)C1CCNCC1. The molecule has 0 aromatic rings. The Hall–Kier alpha value is -0.770. The van der Waals surface area contributed by atoms with Crippen molar-refractivity contribution in [2.75, 3.05) is 13.1 Å². The van der Waals surface area contributed by atoms with E-state index >= 15 is 0 Å². The summed E-state index contributed by atoms with van der Waals surface area (Å²) >= 11 is 0. The molecule has 1 aliphatic rings. The van der Waals surface area contributed by atoms with Gasteiger partial charge in [0.15, 0.2) is 0 Å². The number of carbonyl (C=O) groups excluding carboxylic acids is 1. The van der Waals surface area contributed by atoms with Crippen LogP contribution in [0.4, 0.5) is 4.79 Å². The molecular weight excluding hydrogens is 228 g/mol. The van der Waals surface area contributed by atoms with Crippen LogP contribution in [0, 0.1) is 5.92 Å². The molecule has 106 valence electrons. The average molecular weight is 256 g/mol. The smallest absolute Gasteiger partial charge is 0.407 e. The molecular formula is C14H28N2O2. The first-order chi connectivity index (χ1) is 8.42. The summed E-state index contributed by atoms with van der Waals surface area (Å²) in [6.45, 7) is 9.95. The van der Waals surface area contributed by atoms with Gasteiger partial charge in [0.1, 0.15) is 5.60 Å². The van der Waals surface area contributed by atoms with Gasteiger partial charge in [-0.1, -0.05) is 13.3 Å². The van der Waals surface area contributed by atoms with Crippen LogP contribution in [0.5, 0.6) is 0 Å². The second kappa shape index (κ2) is 6.98. The van der Waals surface area contributed by atoms with E-state index in [2.05, 4.69) is 17.6 Å². The number of piperidine rings is 1. The number of carbonyl (C=O) groups is 1. The van der Waals surface area contributed by atoms with Crippen LogP contribution in [-0.2, 0) is 4.74 Å². The maximum absolute atomic E-state index is 11.8. The molecule has 0 bridgehead atoms. The summed E-state index contributed by atoms with van der Waals surface area (Å²) in [6, 6.07) is 0.256. The number of ether oxygens (including phenoxy) is 1. The van der Waals surface area contributed by atoms with Crippen molar-refractivity contribution in [1.82, 2.24) is 10.6 Å². The lowest BCUT2D eigenvalue weighted by Gasteiger charge is -2.32. The van der Waals surface area contributed by atoms with Gasteiger partial charge in [-0.3, -0.25) is 0 Å². The van der Waals surface area contributed by atoms with Crippen molar-refractivity contribution in [2.45, 2.75) is 65.0 Å². The van der Waals surface area contributed by atoms with Crippen molar-refractivity contribution >= 4 is 6.09 Å². The van der Waals surface area contributed by atoms with E-state index in [1.165, 1.54) is 0 Å². The lowest BCUT2D eigenvalue weighted by Crippen LogP contribution is -2.46. The van der Waals surface area contributed by atoms with Gasteiger partial charge in [0.05, 0.1) is 0 Å². The molecule has 1 atom stereocenters. The van der Waals surface area contributed by atoms with E-state index in [0.29, 0.717) is 5.92 Å². The van der Waals surface area contributed by atoms with E-state index in [-0.39, 0.29) is 12.1 Å². The van der Waals surface area contributed by atoms with Gasteiger partial charge in [-0.05, 0) is 59.0 Å². The first-order valence-corrected chi connectivity index (χ1v) is 7.12. The van der Waals surface area contributed by atoms with Gasteiger partial charge in [-0.2, -0.15) is 0 Å². The van der Waals surface area contributed by atoms with E-state index in [9.17, 15) is 4.79 Å². The van der Waals surface area contributed by atoms with Gasteiger partial charge in [0.2, 0.25) is 0 Å². The summed E-state index contributed by atoms with van der Waals surface area (Å²) in [5.74, 6) is 0.582. The third-order valence-corrected chi connectivity index (χ3v) is 3.25. The van der Waals surface area contributed by atoms with Gasteiger partial charge in [0, 0.05) is 6.04 Å². The fourth-order valence-corrected chi connectivity index (χ4v) is 2.44. The molecule has 2 N–H and O–H groups in total. The molecule has 1 aliphatic heterocycles. The highest BCUT2D eigenvalue weighted by atomic mass is 16.6. The largest absolute Gasteiger partial charge is 0.444 e. The fraction of sp³-hybridized carbons (Fsp3) is 0.929. The standard InChI is InChI=1S/C14H28N2O2/c1-5-6-12(11-7-9-15-10-8-11)16-13(17)18-14(2,3)4/h11-12,15H,5-10H2,1-4H3,(H,16,17). The molecule has 1 amide bonds. The molecule has 1 rings (SSSR count). The van der Waals surface area contributed by atoms with E-state index in [1.807, 2.05) is 20.8 Å². The molecule has 0 aromatic carbocycles.